The first kappa shape index (κ1) is 13.8. The SMILES string of the molecule is O=c1cnnc2n1-c1ccc(Cl)cc1C(c1ccccc1)=NC2. The van der Waals surface area contributed by atoms with E-state index >= 15 is 0 Å². The van der Waals surface area contributed by atoms with Gasteiger partial charge in [0.1, 0.15) is 12.7 Å². The van der Waals surface area contributed by atoms with Crippen molar-refractivity contribution in [2.24, 2.45) is 4.99 Å². The maximum Gasteiger partial charge on any atom is 0.276 e. The second kappa shape index (κ2) is 5.44. The highest BCUT2D eigenvalue weighted by molar-refractivity contribution is 6.31. The maximum absolute atomic E-state index is 12.3. The number of aromatic nitrogens is 3. The molecular formula is C17H11ClN4O. The van der Waals surface area contributed by atoms with E-state index in [9.17, 15) is 4.79 Å². The Bertz CT molecular complexity index is 979. The molecule has 6 heteroatoms. The smallest absolute Gasteiger partial charge is 0.276 e. The molecule has 112 valence electrons. The van der Waals surface area contributed by atoms with Gasteiger partial charge in [0.15, 0.2) is 5.82 Å². The molecule has 1 aliphatic rings. The zero-order chi connectivity index (χ0) is 15.8. The van der Waals surface area contributed by atoms with Crippen molar-refractivity contribution in [2.45, 2.75) is 6.54 Å². The Morgan fingerprint density at radius 2 is 1.91 bits per heavy atom. The average Bonchev–Trinajstić information content (AvgIpc) is 2.73. The summed E-state index contributed by atoms with van der Waals surface area (Å²) < 4.78 is 1.54. The maximum atomic E-state index is 12.3. The first-order chi connectivity index (χ1) is 11.2. The largest absolute Gasteiger partial charge is 0.276 e. The summed E-state index contributed by atoms with van der Waals surface area (Å²) in [5.41, 5.74) is 3.03. The van der Waals surface area contributed by atoms with Gasteiger partial charge >= 0.3 is 0 Å². The van der Waals surface area contributed by atoms with Crippen LogP contribution in [0.5, 0.6) is 0 Å². The molecule has 0 amide bonds. The third-order valence-corrected chi connectivity index (χ3v) is 3.94. The topological polar surface area (TPSA) is 60.1 Å². The molecule has 2 heterocycles. The van der Waals surface area contributed by atoms with Crippen LogP contribution in [0.2, 0.25) is 5.02 Å². The number of rotatable bonds is 1. The summed E-state index contributed by atoms with van der Waals surface area (Å²) in [6, 6.07) is 15.2. The third-order valence-electron chi connectivity index (χ3n) is 3.70. The Morgan fingerprint density at radius 1 is 1.09 bits per heavy atom. The van der Waals surface area contributed by atoms with Gasteiger partial charge in [-0.2, -0.15) is 5.10 Å². The van der Waals surface area contributed by atoms with Crippen molar-refractivity contribution in [3.8, 4) is 5.69 Å². The van der Waals surface area contributed by atoms with E-state index in [2.05, 4.69) is 15.2 Å². The number of halogens is 1. The van der Waals surface area contributed by atoms with Gasteiger partial charge < -0.3 is 0 Å². The molecule has 3 aromatic rings. The van der Waals surface area contributed by atoms with Crippen LogP contribution in [0.15, 0.2) is 64.5 Å². The predicted octanol–water partition coefficient (Wildman–Crippen LogP) is 2.63. The van der Waals surface area contributed by atoms with E-state index in [1.54, 1.807) is 6.07 Å². The van der Waals surface area contributed by atoms with E-state index in [-0.39, 0.29) is 12.1 Å². The van der Waals surface area contributed by atoms with Gasteiger partial charge in [-0.25, -0.2) is 0 Å². The Kier molecular flexibility index (Phi) is 3.28. The minimum absolute atomic E-state index is 0.233. The van der Waals surface area contributed by atoms with Crippen molar-refractivity contribution in [2.75, 3.05) is 0 Å². The molecule has 0 aliphatic carbocycles. The fourth-order valence-corrected chi connectivity index (χ4v) is 2.88. The third kappa shape index (κ3) is 2.35. The minimum atomic E-state index is -0.233. The summed E-state index contributed by atoms with van der Waals surface area (Å²) in [5.74, 6) is 0.506. The number of aliphatic imine (C=N–C) groups is 1. The van der Waals surface area contributed by atoms with Crippen LogP contribution in [0.3, 0.4) is 0 Å². The van der Waals surface area contributed by atoms with Crippen LogP contribution in [-0.2, 0) is 6.54 Å². The van der Waals surface area contributed by atoms with E-state index in [1.165, 1.54) is 10.8 Å². The lowest BCUT2D eigenvalue weighted by atomic mass is 10.0. The van der Waals surface area contributed by atoms with E-state index in [0.717, 1.165) is 16.8 Å². The highest BCUT2D eigenvalue weighted by atomic mass is 35.5. The summed E-state index contributed by atoms with van der Waals surface area (Å²) >= 11 is 6.18. The van der Waals surface area contributed by atoms with Crippen LogP contribution in [0, 0.1) is 0 Å². The van der Waals surface area contributed by atoms with Crippen LogP contribution in [0.4, 0.5) is 0 Å². The molecule has 0 saturated carbocycles. The predicted molar refractivity (Wildman–Crippen MR) is 88.4 cm³/mol. The molecule has 4 rings (SSSR count). The van der Waals surface area contributed by atoms with Crippen LogP contribution < -0.4 is 5.56 Å². The summed E-state index contributed by atoms with van der Waals surface area (Å²) in [7, 11) is 0. The van der Waals surface area contributed by atoms with Crippen molar-refractivity contribution in [3.05, 3.63) is 87.1 Å². The fraction of sp³-hybridized carbons (Fsp3) is 0.0588. The van der Waals surface area contributed by atoms with E-state index in [1.807, 2.05) is 42.5 Å². The number of benzene rings is 2. The number of hydrogen-bond donors (Lipinski definition) is 0. The fourth-order valence-electron chi connectivity index (χ4n) is 2.71. The lowest BCUT2D eigenvalue weighted by Gasteiger charge is -2.12. The van der Waals surface area contributed by atoms with Crippen LogP contribution in [-0.4, -0.2) is 20.5 Å². The standard InChI is InChI=1S/C17H11ClN4O/c18-12-6-7-14-13(8-12)17(11-4-2-1-3-5-11)19-9-15-21-20-10-16(23)22(14)15/h1-8,10H,9H2. The van der Waals surface area contributed by atoms with Gasteiger partial charge in [-0.15, -0.1) is 5.10 Å². The Balaban J connectivity index is 2.05. The molecule has 0 saturated heterocycles. The summed E-state index contributed by atoms with van der Waals surface area (Å²) in [4.78, 5) is 16.9. The molecule has 0 N–H and O–H groups in total. The van der Waals surface area contributed by atoms with E-state index in [0.29, 0.717) is 16.5 Å². The molecule has 0 radical (unpaired) electrons. The second-order valence-electron chi connectivity index (χ2n) is 5.13. The average molecular weight is 323 g/mol. The van der Waals surface area contributed by atoms with Crippen molar-refractivity contribution >= 4 is 17.3 Å². The molecule has 23 heavy (non-hydrogen) atoms. The molecular weight excluding hydrogens is 312 g/mol. The normalized spacial score (nSPS) is 12.8. The van der Waals surface area contributed by atoms with E-state index in [4.69, 9.17) is 11.6 Å². The van der Waals surface area contributed by atoms with Crippen LogP contribution in [0.25, 0.3) is 5.69 Å². The highest BCUT2D eigenvalue weighted by Crippen LogP contribution is 2.25. The second-order valence-corrected chi connectivity index (χ2v) is 5.56. The molecule has 0 unspecified atom stereocenters. The lowest BCUT2D eigenvalue weighted by Crippen LogP contribution is -2.23. The Hall–Kier alpha value is -2.79. The van der Waals surface area contributed by atoms with Gasteiger partial charge in [-0.05, 0) is 18.2 Å². The monoisotopic (exact) mass is 322 g/mol. The Morgan fingerprint density at radius 3 is 2.74 bits per heavy atom. The molecule has 5 nitrogen and oxygen atoms in total. The van der Waals surface area contributed by atoms with Gasteiger partial charge in [0.2, 0.25) is 0 Å². The Labute approximate surface area is 136 Å². The quantitative estimate of drug-likeness (QED) is 0.692. The van der Waals surface area contributed by atoms with Crippen LogP contribution >= 0.6 is 11.6 Å². The zero-order valence-electron chi connectivity index (χ0n) is 12.0. The molecule has 1 aromatic heterocycles. The minimum Gasteiger partial charge on any atom is -0.276 e. The first-order valence-electron chi connectivity index (χ1n) is 7.08. The van der Waals surface area contributed by atoms with Gasteiger partial charge in [-0.3, -0.25) is 14.4 Å². The molecule has 1 aliphatic heterocycles. The molecule has 0 fully saturated rings. The van der Waals surface area contributed by atoms with Crippen molar-refractivity contribution in [3.63, 3.8) is 0 Å². The van der Waals surface area contributed by atoms with Crippen molar-refractivity contribution in [1.82, 2.24) is 14.8 Å². The lowest BCUT2D eigenvalue weighted by molar-refractivity contribution is 0.749. The van der Waals surface area contributed by atoms with Gasteiger partial charge in [0, 0.05) is 16.1 Å². The number of hydrogen-bond acceptors (Lipinski definition) is 4. The zero-order valence-corrected chi connectivity index (χ0v) is 12.7. The molecule has 2 aromatic carbocycles. The van der Waals surface area contributed by atoms with Crippen molar-refractivity contribution in [1.29, 1.82) is 0 Å². The van der Waals surface area contributed by atoms with Gasteiger partial charge in [0.05, 0.1) is 11.4 Å². The summed E-state index contributed by atoms with van der Waals surface area (Å²) in [6.07, 6.45) is 1.20. The number of nitrogens with zero attached hydrogens (tertiary/aromatic N) is 4. The van der Waals surface area contributed by atoms with Crippen LogP contribution in [0.1, 0.15) is 17.0 Å². The highest BCUT2D eigenvalue weighted by Gasteiger charge is 2.20. The summed E-state index contributed by atoms with van der Waals surface area (Å²) in [5, 5.41) is 8.40. The van der Waals surface area contributed by atoms with Gasteiger partial charge in [0.25, 0.3) is 5.56 Å². The van der Waals surface area contributed by atoms with Gasteiger partial charge in [-0.1, -0.05) is 41.9 Å². The first-order valence-corrected chi connectivity index (χ1v) is 7.45. The molecule has 0 spiro atoms. The molecule has 0 bridgehead atoms. The van der Waals surface area contributed by atoms with Crippen molar-refractivity contribution < 1.29 is 0 Å². The van der Waals surface area contributed by atoms with E-state index < -0.39 is 0 Å². The number of fused-ring (bicyclic) bond motifs is 3. The molecule has 0 atom stereocenters. The summed E-state index contributed by atoms with van der Waals surface area (Å²) in [6.45, 7) is 0.277.